The first-order chi connectivity index (χ1) is 9.27. The van der Waals surface area contributed by atoms with Crippen LogP contribution in [-0.2, 0) is 11.2 Å². The summed E-state index contributed by atoms with van der Waals surface area (Å²) in [7, 11) is 0. The minimum Gasteiger partial charge on any atom is -0.343 e. The summed E-state index contributed by atoms with van der Waals surface area (Å²) in [6.45, 7) is 6.19. The van der Waals surface area contributed by atoms with E-state index in [2.05, 4.69) is 30.9 Å². The van der Waals surface area contributed by atoms with E-state index in [9.17, 15) is 4.79 Å². The first-order valence-electron chi connectivity index (χ1n) is 7.59. The molecule has 0 radical (unpaired) electrons. The van der Waals surface area contributed by atoms with Crippen LogP contribution in [0.25, 0.3) is 0 Å². The zero-order valence-electron chi connectivity index (χ0n) is 12.4. The molecule has 0 aromatic heterocycles. The predicted molar refractivity (Wildman–Crippen MR) is 81.2 cm³/mol. The molecule has 0 spiro atoms. The molecule has 0 aliphatic heterocycles. The van der Waals surface area contributed by atoms with Crippen LogP contribution >= 0.6 is 0 Å². The standard InChI is InChI=1S/C17H27NO/c1-3-5-14-18(15-6-4-2)17(19)13-12-16-10-8-7-9-11-16/h7-11H,3-6,12-15H2,1-2H3. The molecule has 2 heteroatoms. The molecular weight excluding hydrogens is 234 g/mol. The van der Waals surface area contributed by atoms with E-state index in [1.807, 2.05) is 18.2 Å². The topological polar surface area (TPSA) is 20.3 Å². The van der Waals surface area contributed by atoms with Crippen molar-refractivity contribution in [2.45, 2.75) is 52.4 Å². The van der Waals surface area contributed by atoms with Crippen molar-refractivity contribution in [2.24, 2.45) is 0 Å². The van der Waals surface area contributed by atoms with E-state index < -0.39 is 0 Å². The molecular formula is C17H27NO. The van der Waals surface area contributed by atoms with E-state index in [-0.39, 0.29) is 0 Å². The van der Waals surface area contributed by atoms with Crippen LogP contribution in [0.5, 0.6) is 0 Å². The molecule has 0 unspecified atom stereocenters. The minimum atomic E-state index is 0.311. The molecule has 1 aromatic rings. The van der Waals surface area contributed by atoms with Crippen molar-refractivity contribution in [1.82, 2.24) is 4.90 Å². The monoisotopic (exact) mass is 261 g/mol. The lowest BCUT2D eigenvalue weighted by Gasteiger charge is -2.22. The fourth-order valence-corrected chi connectivity index (χ4v) is 2.11. The maximum Gasteiger partial charge on any atom is 0.222 e. The molecule has 2 nitrogen and oxygen atoms in total. The van der Waals surface area contributed by atoms with Gasteiger partial charge in [0.15, 0.2) is 0 Å². The van der Waals surface area contributed by atoms with Crippen molar-refractivity contribution in [3.05, 3.63) is 35.9 Å². The molecule has 0 fully saturated rings. The van der Waals surface area contributed by atoms with Crippen LogP contribution in [-0.4, -0.2) is 23.9 Å². The lowest BCUT2D eigenvalue weighted by Crippen LogP contribution is -2.33. The lowest BCUT2D eigenvalue weighted by molar-refractivity contribution is -0.131. The maximum absolute atomic E-state index is 12.3. The summed E-state index contributed by atoms with van der Waals surface area (Å²) in [5.41, 5.74) is 1.25. The Balaban J connectivity index is 2.41. The Morgan fingerprint density at radius 2 is 1.58 bits per heavy atom. The Hall–Kier alpha value is -1.31. The average Bonchev–Trinajstić information content (AvgIpc) is 2.46. The summed E-state index contributed by atoms with van der Waals surface area (Å²) in [6.07, 6.45) is 6.01. The van der Waals surface area contributed by atoms with Crippen molar-refractivity contribution < 1.29 is 4.79 Å². The number of unbranched alkanes of at least 4 members (excludes halogenated alkanes) is 2. The number of nitrogens with zero attached hydrogens (tertiary/aromatic N) is 1. The molecule has 1 rings (SSSR count). The number of hydrogen-bond donors (Lipinski definition) is 0. The van der Waals surface area contributed by atoms with Crippen LogP contribution in [0.2, 0.25) is 0 Å². The van der Waals surface area contributed by atoms with Gasteiger partial charge in [-0.1, -0.05) is 57.0 Å². The van der Waals surface area contributed by atoms with Crippen molar-refractivity contribution in [3.63, 3.8) is 0 Å². The minimum absolute atomic E-state index is 0.311. The predicted octanol–water partition coefficient (Wildman–Crippen LogP) is 4.05. The van der Waals surface area contributed by atoms with Crippen molar-refractivity contribution >= 4 is 5.91 Å². The van der Waals surface area contributed by atoms with Gasteiger partial charge in [0.05, 0.1) is 0 Å². The molecule has 0 bridgehead atoms. The number of aryl methyl sites for hydroxylation is 1. The molecule has 0 saturated heterocycles. The summed E-state index contributed by atoms with van der Waals surface area (Å²) >= 11 is 0. The number of benzene rings is 1. The highest BCUT2D eigenvalue weighted by molar-refractivity contribution is 5.76. The van der Waals surface area contributed by atoms with Crippen molar-refractivity contribution in [1.29, 1.82) is 0 Å². The van der Waals surface area contributed by atoms with Crippen LogP contribution in [0, 0.1) is 0 Å². The second kappa shape index (κ2) is 9.60. The first kappa shape index (κ1) is 15.7. The van der Waals surface area contributed by atoms with E-state index in [0.717, 1.165) is 45.2 Å². The third-order valence-corrected chi connectivity index (χ3v) is 3.39. The number of rotatable bonds is 9. The van der Waals surface area contributed by atoms with Gasteiger partial charge in [0, 0.05) is 19.5 Å². The molecule has 0 aliphatic carbocycles. The van der Waals surface area contributed by atoms with Crippen molar-refractivity contribution in [3.8, 4) is 0 Å². The summed E-state index contributed by atoms with van der Waals surface area (Å²) < 4.78 is 0. The molecule has 19 heavy (non-hydrogen) atoms. The molecule has 0 saturated carbocycles. The maximum atomic E-state index is 12.3. The van der Waals surface area contributed by atoms with Crippen LogP contribution in [0.3, 0.4) is 0 Å². The molecule has 0 atom stereocenters. The van der Waals surface area contributed by atoms with Gasteiger partial charge in [-0.25, -0.2) is 0 Å². The highest BCUT2D eigenvalue weighted by Crippen LogP contribution is 2.07. The Kier molecular flexibility index (Phi) is 7.95. The SMILES string of the molecule is CCCCN(CCCC)C(=O)CCc1ccccc1. The smallest absolute Gasteiger partial charge is 0.222 e. The zero-order valence-corrected chi connectivity index (χ0v) is 12.4. The normalized spacial score (nSPS) is 10.4. The van der Waals surface area contributed by atoms with Gasteiger partial charge in [-0.2, -0.15) is 0 Å². The van der Waals surface area contributed by atoms with Gasteiger partial charge in [-0.15, -0.1) is 0 Å². The van der Waals surface area contributed by atoms with E-state index in [1.54, 1.807) is 0 Å². The first-order valence-corrected chi connectivity index (χ1v) is 7.59. The molecule has 0 N–H and O–H groups in total. The average molecular weight is 261 g/mol. The zero-order chi connectivity index (χ0) is 13.9. The Morgan fingerprint density at radius 1 is 1.00 bits per heavy atom. The molecule has 0 heterocycles. The molecule has 1 aromatic carbocycles. The van der Waals surface area contributed by atoms with Crippen LogP contribution in [0.4, 0.5) is 0 Å². The van der Waals surface area contributed by atoms with Crippen LogP contribution in [0.15, 0.2) is 30.3 Å². The van der Waals surface area contributed by atoms with Gasteiger partial charge in [-0.05, 0) is 24.8 Å². The second-order valence-electron chi connectivity index (χ2n) is 5.07. The summed E-state index contributed by atoms with van der Waals surface area (Å²) in [6, 6.07) is 10.3. The second-order valence-corrected chi connectivity index (χ2v) is 5.07. The number of amides is 1. The fraction of sp³-hybridized carbons (Fsp3) is 0.588. The van der Waals surface area contributed by atoms with Gasteiger partial charge in [0.2, 0.25) is 5.91 Å². The highest BCUT2D eigenvalue weighted by atomic mass is 16.2. The summed E-state index contributed by atoms with van der Waals surface area (Å²) in [4.78, 5) is 14.3. The van der Waals surface area contributed by atoms with Crippen LogP contribution in [0.1, 0.15) is 51.5 Å². The van der Waals surface area contributed by atoms with Gasteiger partial charge in [0.25, 0.3) is 0 Å². The van der Waals surface area contributed by atoms with Gasteiger partial charge in [0.1, 0.15) is 0 Å². The van der Waals surface area contributed by atoms with E-state index in [4.69, 9.17) is 0 Å². The number of hydrogen-bond acceptors (Lipinski definition) is 1. The van der Waals surface area contributed by atoms with E-state index >= 15 is 0 Å². The van der Waals surface area contributed by atoms with Crippen molar-refractivity contribution in [2.75, 3.05) is 13.1 Å². The molecule has 106 valence electrons. The summed E-state index contributed by atoms with van der Waals surface area (Å²) in [5.74, 6) is 0.311. The fourth-order valence-electron chi connectivity index (χ4n) is 2.11. The summed E-state index contributed by atoms with van der Waals surface area (Å²) in [5, 5.41) is 0. The molecule has 1 amide bonds. The third kappa shape index (κ3) is 6.42. The van der Waals surface area contributed by atoms with Crippen LogP contribution < -0.4 is 0 Å². The van der Waals surface area contributed by atoms with E-state index in [1.165, 1.54) is 5.56 Å². The Morgan fingerprint density at radius 3 is 2.11 bits per heavy atom. The van der Waals surface area contributed by atoms with E-state index in [0.29, 0.717) is 12.3 Å². The Labute approximate surface area is 117 Å². The quantitative estimate of drug-likeness (QED) is 0.656. The lowest BCUT2D eigenvalue weighted by atomic mass is 10.1. The van der Waals surface area contributed by atoms with Gasteiger partial charge >= 0.3 is 0 Å². The third-order valence-electron chi connectivity index (χ3n) is 3.39. The van der Waals surface area contributed by atoms with Gasteiger partial charge < -0.3 is 4.90 Å². The Bertz CT molecular complexity index is 340. The highest BCUT2D eigenvalue weighted by Gasteiger charge is 2.12. The number of carbonyl (C=O) groups excluding carboxylic acids is 1. The van der Waals surface area contributed by atoms with Gasteiger partial charge in [-0.3, -0.25) is 4.79 Å². The largest absolute Gasteiger partial charge is 0.343 e. The molecule has 0 aliphatic rings. The number of carbonyl (C=O) groups is 1.